The van der Waals surface area contributed by atoms with Crippen LogP contribution < -0.4 is 5.32 Å². The van der Waals surface area contributed by atoms with Gasteiger partial charge >= 0.3 is 5.97 Å². The second-order valence-corrected chi connectivity index (χ2v) is 21.5. The van der Waals surface area contributed by atoms with Gasteiger partial charge in [0.05, 0.1) is 39.6 Å². The third kappa shape index (κ3) is 13.3. The van der Waals surface area contributed by atoms with Gasteiger partial charge in [-0.05, 0) is 34.8 Å². The van der Waals surface area contributed by atoms with Crippen LogP contribution in [-0.2, 0) is 71.7 Å². The molecule has 0 spiro atoms. The molecule has 2 heterocycles. The number of carbonyl (C=O) groups excluding carboxylic acids is 2. The van der Waals surface area contributed by atoms with Gasteiger partial charge in [-0.2, -0.15) is 0 Å². The molecule has 2 saturated heterocycles. The molecule has 3 aromatic rings. The lowest BCUT2D eigenvalue weighted by Crippen LogP contribution is -2.70. The smallest absolute Gasteiger partial charge is 0.303 e. The second kappa shape index (κ2) is 22.3. The summed E-state index contributed by atoms with van der Waals surface area (Å²) in [4.78, 5) is 25.9. The lowest BCUT2D eigenvalue weighted by atomic mass is 9.95. The van der Waals surface area contributed by atoms with Gasteiger partial charge in [-0.3, -0.25) is 9.59 Å². The van der Waals surface area contributed by atoms with E-state index in [9.17, 15) is 14.7 Å². The summed E-state index contributed by atoms with van der Waals surface area (Å²) in [6, 6.07) is 27.8. The van der Waals surface area contributed by atoms with E-state index in [4.69, 9.17) is 42.3 Å². The Morgan fingerprint density at radius 3 is 1.73 bits per heavy atom. The van der Waals surface area contributed by atoms with E-state index < -0.39 is 75.6 Å². The van der Waals surface area contributed by atoms with Crippen LogP contribution in [0.2, 0.25) is 18.1 Å². The molecule has 2 aliphatic heterocycles. The van der Waals surface area contributed by atoms with Crippen LogP contribution >= 0.6 is 0 Å². The molecule has 2 fully saturated rings. The van der Waals surface area contributed by atoms with Crippen molar-refractivity contribution in [2.24, 2.45) is 0 Å². The summed E-state index contributed by atoms with van der Waals surface area (Å²) >= 11 is 0. The molecule has 13 nitrogen and oxygen atoms in total. The van der Waals surface area contributed by atoms with Crippen LogP contribution in [0.5, 0.6) is 0 Å². The van der Waals surface area contributed by atoms with E-state index in [1.165, 1.54) is 13.8 Å². The number of esters is 1. The molecule has 10 atom stereocenters. The summed E-state index contributed by atoms with van der Waals surface area (Å²) < 4.78 is 58.3. The molecule has 2 aliphatic rings. The topological polar surface area (TPSA) is 149 Å². The molecule has 0 aliphatic carbocycles. The summed E-state index contributed by atoms with van der Waals surface area (Å²) in [7, 11) is -2.53. The minimum atomic E-state index is -2.53. The van der Waals surface area contributed by atoms with Gasteiger partial charge in [0.2, 0.25) is 5.91 Å². The van der Waals surface area contributed by atoms with Crippen LogP contribution in [0.1, 0.15) is 51.3 Å². The van der Waals surface area contributed by atoms with Gasteiger partial charge in [-0.1, -0.05) is 118 Å². The molecule has 1 amide bonds. The number of benzene rings is 3. The molecule has 3 aromatic carbocycles. The molecular formula is C46H63NO12Si. The van der Waals surface area contributed by atoms with Gasteiger partial charge < -0.3 is 52.7 Å². The Hall–Kier alpha value is -3.80. The molecule has 60 heavy (non-hydrogen) atoms. The predicted molar refractivity (Wildman–Crippen MR) is 227 cm³/mol. The van der Waals surface area contributed by atoms with E-state index in [1.807, 2.05) is 91.0 Å². The molecule has 5 rings (SSSR count). The number of ether oxygens (including phenoxy) is 8. The zero-order valence-electron chi connectivity index (χ0n) is 35.9. The Labute approximate surface area is 355 Å². The lowest BCUT2D eigenvalue weighted by molar-refractivity contribution is -0.350. The van der Waals surface area contributed by atoms with Crippen molar-refractivity contribution >= 4 is 20.2 Å². The number of aliphatic hydroxyl groups excluding tert-OH is 1. The van der Waals surface area contributed by atoms with Crippen molar-refractivity contribution in [1.82, 2.24) is 5.32 Å². The highest BCUT2D eigenvalue weighted by atomic mass is 28.4. The highest BCUT2D eigenvalue weighted by Gasteiger charge is 2.56. The van der Waals surface area contributed by atoms with E-state index in [2.05, 4.69) is 45.8 Å². The van der Waals surface area contributed by atoms with Crippen molar-refractivity contribution in [3.05, 3.63) is 120 Å². The molecule has 0 aromatic heterocycles. The first-order chi connectivity index (χ1) is 28.7. The zero-order chi connectivity index (χ0) is 43.3. The van der Waals surface area contributed by atoms with E-state index in [1.54, 1.807) is 6.08 Å². The first-order valence-corrected chi connectivity index (χ1v) is 23.5. The van der Waals surface area contributed by atoms with Crippen LogP contribution in [0.3, 0.4) is 0 Å². The van der Waals surface area contributed by atoms with E-state index in [-0.39, 0.29) is 44.0 Å². The summed E-state index contributed by atoms with van der Waals surface area (Å²) in [5, 5.41) is 14.5. The molecule has 328 valence electrons. The third-order valence-corrected chi connectivity index (χ3v) is 15.4. The zero-order valence-corrected chi connectivity index (χ0v) is 36.9. The third-order valence-electron chi connectivity index (χ3n) is 10.9. The van der Waals surface area contributed by atoms with Gasteiger partial charge in [0, 0.05) is 13.8 Å². The summed E-state index contributed by atoms with van der Waals surface area (Å²) in [6.45, 7) is 18.0. The van der Waals surface area contributed by atoms with Gasteiger partial charge in [-0.25, -0.2) is 0 Å². The monoisotopic (exact) mass is 849 g/mol. The highest BCUT2D eigenvalue weighted by Crippen LogP contribution is 2.41. The minimum absolute atomic E-state index is 0.0673. The fraction of sp³-hybridized carbons (Fsp3) is 0.522. The quantitative estimate of drug-likeness (QED) is 0.0755. The largest absolute Gasteiger partial charge is 0.457 e. The first-order valence-electron chi connectivity index (χ1n) is 20.5. The minimum Gasteiger partial charge on any atom is -0.457 e. The number of rotatable bonds is 20. The Morgan fingerprint density at radius 1 is 0.733 bits per heavy atom. The average Bonchev–Trinajstić information content (AvgIpc) is 3.20. The highest BCUT2D eigenvalue weighted by molar-refractivity contribution is 6.74. The molecule has 2 N–H and O–H groups in total. The summed E-state index contributed by atoms with van der Waals surface area (Å²) in [5.74, 6) is -0.990. The van der Waals surface area contributed by atoms with Crippen molar-refractivity contribution in [3.8, 4) is 0 Å². The fourth-order valence-corrected chi connectivity index (χ4v) is 8.25. The predicted octanol–water partition coefficient (Wildman–Crippen LogP) is 6.23. The van der Waals surface area contributed by atoms with E-state index >= 15 is 0 Å². The standard InChI is InChI=1S/C46H63NO12Si/c1-9-25-53-41-38(47-31(2)48)45(57-37(30-52-27-34-21-15-11-16-22-34)40(41)59-60(7,8)46(4,5)6)58-42-39(55-32(3)49)36(29-51-26-33-19-13-10-14-20-33)56-44(50)43(42)54-28-35-23-17-12-18-24-35/h9-24,36-45,50H,1,25-30H2,2-8H3,(H,47,48)/t36-,37-,38-,39+,40-,41-,42+,43-,44+,45+/m1/s1. The van der Waals surface area contributed by atoms with Gasteiger partial charge in [-0.15, -0.1) is 6.58 Å². The molecular weight excluding hydrogens is 787 g/mol. The van der Waals surface area contributed by atoms with Crippen LogP contribution in [0.15, 0.2) is 104 Å². The van der Waals surface area contributed by atoms with Crippen molar-refractivity contribution in [1.29, 1.82) is 0 Å². The maximum atomic E-state index is 13.1. The van der Waals surface area contributed by atoms with E-state index in [0.717, 1.165) is 16.7 Å². The van der Waals surface area contributed by atoms with Crippen LogP contribution in [0.25, 0.3) is 0 Å². The van der Waals surface area contributed by atoms with Crippen LogP contribution in [0, 0.1) is 0 Å². The van der Waals surface area contributed by atoms with Gasteiger partial charge in [0.25, 0.3) is 0 Å². The maximum Gasteiger partial charge on any atom is 0.303 e. The Bertz CT molecular complexity index is 1760. The lowest BCUT2D eigenvalue weighted by Gasteiger charge is -2.51. The Morgan fingerprint density at radius 2 is 1.25 bits per heavy atom. The van der Waals surface area contributed by atoms with Crippen molar-refractivity contribution < 1.29 is 57.0 Å². The van der Waals surface area contributed by atoms with Gasteiger partial charge in [0.1, 0.15) is 42.7 Å². The van der Waals surface area contributed by atoms with Crippen molar-refractivity contribution in [3.63, 3.8) is 0 Å². The molecule has 14 heteroatoms. The van der Waals surface area contributed by atoms with Crippen LogP contribution in [-0.4, -0.2) is 106 Å². The van der Waals surface area contributed by atoms with Crippen molar-refractivity contribution in [2.75, 3.05) is 19.8 Å². The first kappa shape index (κ1) is 47.2. The fourth-order valence-electron chi connectivity index (χ4n) is 6.93. The molecule has 0 bridgehead atoms. The van der Waals surface area contributed by atoms with Gasteiger partial charge in [0.15, 0.2) is 27.0 Å². The second-order valence-electron chi connectivity index (χ2n) is 16.7. The van der Waals surface area contributed by atoms with Crippen LogP contribution in [0.4, 0.5) is 0 Å². The van der Waals surface area contributed by atoms with Crippen molar-refractivity contribution in [2.45, 2.75) is 134 Å². The Balaban J connectivity index is 1.54. The average molecular weight is 850 g/mol. The van der Waals surface area contributed by atoms with E-state index in [0.29, 0.717) is 6.61 Å². The number of amides is 1. The number of hydrogen-bond donors (Lipinski definition) is 2. The maximum absolute atomic E-state index is 13.1. The number of nitrogens with one attached hydrogen (secondary N) is 1. The normalized spacial score (nSPS) is 27.2. The number of carbonyl (C=O) groups is 2. The molecule has 0 radical (unpaired) electrons. The summed E-state index contributed by atoms with van der Waals surface area (Å²) in [5.41, 5.74) is 2.71. The molecule has 0 unspecified atom stereocenters. The molecule has 0 saturated carbocycles. The summed E-state index contributed by atoms with van der Waals surface area (Å²) in [6.07, 6.45) is -8.11. The number of hydrogen-bond acceptors (Lipinski definition) is 12. The Kier molecular flexibility index (Phi) is 17.6. The number of aliphatic hydroxyl groups is 1. The SMILES string of the molecule is C=CCO[C@@H]1[C@@H](NC(C)=O)[C@H](O[C@@H]2[C@@H](OCc3ccccc3)[C@@H](O)O[C@H](COCc3ccccc3)[C@@H]2OC(C)=O)O[C@H](COCc2ccccc2)[C@H]1O[Si](C)(C)C(C)(C)C.